The second-order valence-electron chi connectivity index (χ2n) is 4.29. The fourth-order valence-corrected chi connectivity index (χ4v) is 1.72. The Morgan fingerprint density at radius 2 is 2.00 bits per heavy atom. The van der Waals surface area contributed by atoms with E-state index in [0.29, 0.717) is 12.1 Å². The van der Waals surface area contributed by atoms with Crippen LogP contribution < -0.4 is 5.73 Å². The van der Waals surface area contributed by atoms with Crippen molar-refractivity contribution < 1.29 is 4.74 Å². The molecule has 0 heterocycles. The van der Waals surface area contributed by atoms with Crippen LogP contribution in [-0.4, -0.2) is 43.8 Å². The number of methoxy groups -OCH3 is 1. The molecule has 0 fully saturated rings. The van der Waals surface area contributed by atoms with E-state index < -0.39 is 0 Å². The Labute approximate surface area is 95.0 Å². The van der Waals surface area contributed by atoms with Crippen LogP contribution in [0.1, 0.15) is 40.0 Å². The van der Waals surface area contributed by atoms with Crippen molar-refractivity contribution in [1.29, 1.82) is 0 Å². The maximum absolute atomic E-state index is 6.07. The second kappa shape index (κ2) is 9.13. The summed E-state index contributed by atoms with van der Waals surface area (Å²) in [5.74, 6) is 0. The van der Waals surface area contributed by atoms with Crippen LogP contribution in [0.2, 0.25) is 0 Å². The summed E-state index contributed by atoms with van der Waals surface area (Å²) in [6.07, 6.45) is 3.45. The highest BCUT2D eigenvalue weighted by atomic mass is 16.5. The van der Waals surface area contributed by atoms with E-state index in [1.54, 1.807) is 7.11 Å². The molecule has 2 atom stereocenters. The molecule has 0 saturated heterocycles. The van der Waals surface area contributed by atoms with Crippen LogP contribution in [0.5, 0.6) is 0 Å². The van der Waals surface area contributed by atoms with Gasteiger partial charge in [0.1, 0.15) is 0 Å². The van der Waals surface area contributed by atoms with Crippen LogP contribution in [0.4, 0.5) is 0 Å². The summed E-state index contributed by atoms with van der Waals surface area (Å²) in [7, 11) is 1.75. The van der Waals surface area contributed by atoms with Crippen molar-refractivity contribution in [3.63, 3.8) is 0 Å². The van der Waals surface area contributed by atoms with Crippen molar-refractivity contribution in [2.24, 2.45) is 5.73 Å². The van der Waals surface area contributed by atoms with Gasteiger partial charge in [0.2, 0.25) is 0 Å². The lowest BCUT2D eigenvalue weighted by atomic mass is 10.1. The molecule has 0 rings (SSSR count). The Morgan fingerprint density at radius 3 is 2.47 bits per heavy atom. The van der Waals surface area contributed by atoms with Gasteiger partial charge in [-0.2, -0.15) is 0 Å². The first-order valence-electron chi connectivity index (χ1n) is 6.14. The predicted octanol–water partition coefficient (Wildman–Crippen LogP) is 1.86. The van der Waals surface area contributed by atoms with Crippen molar-refractivity contribution in [2.75, 3.05) is 26.8 Å². The molecule has 3 heteroatoms. The minimum absolute atomic E-state index is 0.306. The van der Waals surface area contributed by atoms with Crippen molar-refractivity contribution in [1.82, 2.24) is 4.90 Å². The molecule has 0 aromatic rings. The molecule has 0 aliphatic rings. The van der Waals surface area contributed by atoms with Crippen molar-refractivity contribution in [3.8, 4) is 0 Å². The molecule has 3 nitrogen and oxygen atoms in total. The molecule has 92 valence electrons. The number of ether oxygens (including phenoxy) is 1. The molecule has 2 unspecified atom stereocenters. The Hall–Kier alpha value is -0.120. The van der Waals surface area contributed by atoms with Crippen LogP contribution in [0, 0.1) is 0 Å². The summed E-state index contributed by atoms with van der Waals surface area (Å²) in [6, 6.07) is 0.906. The van der Waals surface area contributed by atoms with E-state index in [9.17, 15) is 0 Å². The van der Waals surface area contributed by atoms with Gasteiger partial charge < -0.3 is 10.5 Å². The normalized spacial score (nSPS) is 15.6. The van der Waals surface area contributed by atoms with Gasteiger partial charge in [0.15, 0.2) is 0 Å². The summed E-state index contributed by atoms with van der Waals surface area (Å²) in [5.41, 5.74) is 6.07. The van der Waals surface area contributed by atoms with E-state index in [4.69, 9.17) is 10.5 Å². The molecule has 0 aliphatic carbocycles. The summed E-state index contributed by atoms with van der Waals surface area (Å²) in [4.78, 5) is 2.43. The number of nitrogens with two attached hydrogens (primary N) is 1. The van der Waals surface area contributed by atoms with Crippen molar-refractivity contribution in [3.05, 3.63) is 0 Å². The third kappa shape index (κ3) is 6.88. The number of nitrogens with zero attached hydrogens (tertiary/aromatic N) is 1. The van der Waals surface area contributed by atoms with Crippen LogP contribution >= 0.6 is 0 Å². The third-order valence-electron chi connectivity index (χ3n) is 2.93. The largest absolute Gasteiger partial charge is 0.383 e. The van der Waals surface area contributed by atoms with Gasteiger partial charge in [0.05, 0.1) is 6.61 Å². The van der Waals surface area contributed by atoms with Gasteiger partial charge in [0, 0.05) is 32.3 Å². The number of hydrogen-bond acceptors (Lipinski definition) is 3. The van der Waals surface area contributed by atoms with Crippen LogP contribution in [0.25, 0.3) is 0 Å². The van der Waals surface area contributed by atoms with Gasteiger partial charge in [-0.25, -0.2) is 0 Å². The maximum atomic E-state index is 6.07. The Balaban J connectivity index is 3.98. The number of rotatable bonds is 9. The first-order chi connectivity index (χ1) is 7.15. The highest BCUT2D eigenvalue weighted by molar-refractivity contribution is 4.72. The zero-order valence-electron chi connectivity index (χ0n) is 10.8. The highest BCUT2D eigenvalue weighted by Crippen LogP contribution is 2.06. The van der Waals surface area contributed by atoms with Crippen molar-refractivity contribution in [2.45, 2.75) is 52.1 Å². The monoisotopic (exact) mass is 216 g/mol. The molecule has 0 aromatic heterocycles. The van der Waals surface area contributed by atoms with E-state index >= 15 is 0 Å². The first kappa shape index (κ1) is 14.9. The molecule has 0 aliphatic heterocycles. The molecule has 0 radical (unpaired) electrons. The SMILES string of the molecule is CCCC(N)CN(CCOC)C(C)CC. The summed E-state index contributed by atoms with van der Waals surface area (Å²) in [5, 5.41) is 0. The average Bonchev–Trinajstić information content (AvgIpc) is 2.23. The summed E-state index contributed by atoms with van der Waals surface area (Å²) < 4.78 is 5.13. The minimum atomic E-state index is 0.306. The van der Waals surface area contributed by atoms with Gasteiger partial charge in [-0.3, -0.25) is 4.90 Å². The highest BCUT2D eigenvalue weighted by Gasteiger charge is 2.14. The lowest BCUT2D eigenvalue weighted by Gasteiger charge is -2.30. The van der Waals surface area contributed by atoms with E-state index in [-0.39, 0.29) is 0 Å². The predicted molar refractivity (Wildman–Crippen MR) is 66.1 cm³/mol. The smallest absolute Gasteiger partial charge is 0.0589 e. The standard InChI is InChI=1S/C12H28N2O/c1-5-7-12(13)10-14(8-9-15-4)11(3)6-2/h11-12H,5-10,13H2,1-4H3. The van der Waals surface area contributed by atoms with Crippen LogP contribution in [-0.2, 0) is 4.74 Å². The molecule has 0 aromatic carbocycles. The molecule has 0 spiro atoms. The maximum Gasteiger partial charge on any atom is 0.0589 e. The third-order valence-corrected chi connectivity index (χ3v) is 2.93. The van der Waals surface area contributed by atoms with Gasteiger partial charge in [0.25, 0.3) is 0 Å². The van der Waals surface area contributed by atoms with Crippen LogP contribution in [0.15, 0.2) is 0 Å². The Kier molecular flexibility index (Phi) is 9.06. The zero-order chi connectivity index (χ0) is 11.7. The Morgan fingerprint density at radius 1 is 1.33 bits per heavy atom. The number of hydrogen-bond donors (Lipinski definition) is 1. The van der Waals surface area contributed by atoms with E-state index in [2.05, 4.69) is 25.7 Å². The van der Waals surface area contributed by atoms with Crippen molar-refractivity contribution >= 4 is 0 Å². The molecular weight excluding hydrogens is 188 g/mol. The van der Waals surface area contributed by atoms with E-state index in [0.717, 1.165) is 26.1 Å². The van der Waals surface area contributed by atoms with E-state index in [1.165, 1.54) is 12.8 Å². The van der Waals surface area contributed by atoms with E-state index in [1.807, 2.05) is 0 Å². The molecule has 0 bridgehead atoms. The zero-order valence-corrected chi connectivity index (χ0v) is 10.8. The average molecular weight is 216 g/mol. The lowest BCUT2D eigenvalue weighted by molar-refractivity contribution is 0.117. The fraction of sp³-hybridized carbons (Fsp3) is 1.00. The summed E-state index contributed by atoms with van der Waals surface area (Å²) in [6.45, 7) is 9.44. The van der Waals surface area contributed by atoms with Gasteiger partial charge in [-0.1, -0.05) is 20.3 Å². The molecule has 0 amide bonds. The fourth-order valence-electron chi connectivity index (χ4n) is 1.72. The molecule has 15 heavy (non-hydrogen) atoms. The molecular formula is C12H28N2O. The minimum Gasteiger partial charge on any atom is -0.383 e. The Bertz CT molecular complexity index is 142. The van der Waals surface area contributed by atoms with Gasteiger partial charge in [-0.15, -0.1) is 0 Å². The van der Waals surface area contributed by atoms with Crippen LogP contribution in [0.3, 0.4) is 0 Å². The second-order valence-corrected chi connectivity index (χ2v) is 4.29. The summed E-state index contributed by atoms with van der Waals surface area (Å²) >= 11 is 0. The lowest BCUT2D eigenvalue weighted by Crippen LogP contribution is -2.43. The quantitative estimate of drug-likeness (QED) is 0.639. The first-order valence-corrected chi connectivity index (χ1v) is 6.14. The van der Waals surface area contributed by atoms with Gasteiger partial charge in [-0.05, 0) is 19.8 Å². The van der Waals surface area contributed by atoms with Gasteiger partial charge >= 0.3 is 0 Å². The topological polar surface area (TPSA) is 38.5 Å². The molecule has 2 N–H and O–H groups in total. The molecule has 0 saturated carbocycles.